The summed E-state index contributed by atoms with van der Waals surface area (Å²) in [7, 11) is 3.77. The Kier molecular flexibility index (Phi) is 3.99. The van der Waals surface area contributed by atoms with Gasteiger partial charge in [0.25, 0.3) is 0 Å². The third-order valence-electron chi connectivity index (χ3n) is 1.99. The molecule has 1 saturated heterocycles. The Bertz CT molecular complexity index is 266. The van der Waals surface area contributed by atoms with Crippen molar-refractivity contribution in [2.75, 3.05) is 27.2 Å². The Morgan fingerprint density at radius 1 is 1.43 bits per heavy atom. The molecule has 0 unspecified atom stereocenters. The van der Waals surface area contributed by atoms with Crippen LogP contribution in [0.25, 0.3) is 0 Å². The van der Waals surface area contributed by atoms with Crippen LogP contribution in [0.4, 0.5) is 0 Å². The third kappa shape index (κ3) is 3.48. The molecule has 0 aromatic heterocycles. The molecular weight excluding hydrogens is 176 g/mol. The predicted octanol–water partition coefficient (Wildman–Crippen LogP) is 1.04. The number of likely N-dealkylation sites (tertiary alicyclic amines) is 1. The summed E-state index contributed by atoms with van der Waals surface area (Å²) in [5.41, 5.74) is 0.473. The summed E-state index contributed by atoms with van der Waals surface area (Å²) in [6.07, 6.45) is 5.91. The molecule has 0 bridgehead atoms. The molecule has 1 aliphatic rings. The SMILES string of the molecule is CN(C)C=N/C(C#N)=C/N1CCCC1. The number of rotatable bonds is 3. The van der Waals surface area contributed by atoms with Gasteiger partial charge in [-0.25, -0.2) is 4.99 Å². The van der Waals surface area contributed by atoms with Crippen LogP contribution < -0.4 is 0 Å². The van der Waals surface area contributed by atoms with Gasteiger partial charge < -0.3 is 9.80 Å². The molecule has 1 aliphatic heterocycles. The largest absolute Gasteiger partial charge is 0.375 e. The van der Waals surface area contributed by atoms with E-state index in [4.69, 9.17) is 5.26 Å². The number of hydrogen-bond acceptors (Lipinski definition) is 3. The van der Waals surface area contributed by atoms with Crippen molar-refractivity contribution in [3.05, 3.63) is 11.9 Å². The molecule has 0 aliphatic carbocycles. The Hall–Kier alpha value is -1.50. The van der Waals surface area contributed by atoms with Crippen LogP contribution in [0.15, 0.2) is 16.9 Å². The monoisotopic (exact) mass is 192 g/mol. The summed E-state index contributed by atoms with van der Waals surface area (Å²) in [6.45, 7) is 2.09. The van der Waals surface area contributed by atoms with E-state index in [0.29, 0.717) is 5.70 Å². The minimum absolute atomic E-state index is 0.473. The van der Waals surface area contributed by atoms with Crippen LogP contribution in [0.5, 0.6) is 0 Å². The molecule has 14 heavy (non-hydrogen) atoms. The maximum absolute atomic E-state index is 8.82. The molecule has 1 fully saturated rings. The molecule has 0 amide bonds. The van der Waals surface area contributed by atoms with Crippen LogP contribution in [-0.2, 0) is 0 Å². The number of hydrogen-bond donors (Lipinski definition) is 0. The zero-order valence-corrected chi connectivity index (χ0v) is 8.77. The van der Waals surface area contributed by atoms with Gasteiger partial charge in [-0.3, -0.25) is 0 Å². The highest BCUT2D eigenvalue weighted by molar-refractivity contribution is 5.56. The molecule has 1 rings (SSSR count). The number of allylic oxidation sites excluding steroid dienone is 1. The van der Waals surface area contributed by atoms with Gasteiger partial charge in [-0.05, 0) is 12.8 Å². The molecule has 0 spiro atoms. The average Bonchev–Trinajstić information content (AvgIpc) is 2.64. The molecule has 0 aromatic carbocycles. The summed E-state index contributed by atoms with van der Waals surface area (Å²) in [5.74, 6) is 0. The van der Waals surface area contributed by atoms with Gasteiger partial charge in [-0.2, -0.15) is 5.26 Å². The van der Waals surface area contributed by atoms with Crippen molar-refractivity contribution >= 4 is 6.34 Å². The molecule has 0 radical (unpaired) electrons. The van der Waals surface area contributed by atoms with Crippen LogP contribution in [0.1, 0.15) is 12.8 Å². The second-order valence-electron chi connectivity index (χ2n) is 3.58. The van der Waals surface area contributed by atoms with Crippen LogP contribution in [0.3, 0.4) is 0 Å². The van der Waals surface area contributed by atoms with Gasteiger partial charge in [0.05, 0.1) is 6.34 Å². The van der Waals surface area contributed by atoms with Gasteiger partial charge in [0.2, 0.25) is 0 Å². The van der Waals surface area contributed by atoms with Gasteiger partial charge in [0.15, 0.2) is 5.70 Å². The van der Waals surface area contributed by atoms with Crippen molar-refractivity contribution in [2.24, 2.45) is 4.99 Å². The quantitative estimate of drug-likeness (QED) is 0.381. The lowest BCUT2D eigenvalue weighted by molar-refractivity contribution is 0.465. The zero-order chi connectivity index (χ0) is 10.4. The van der Waals surface area contributed by atoms with E-state index in [2.05, 4.69) is 16.0 Å². The molecule has 0 N–H and O–H groups in total. The van der Waals surface area contributed by atoms with E-state index in [-0.39, 0.29) is 0 Å². The predicted molar refractivity (Wildman–Crippen MR) is 56.7 cm³/mol. The van der Waals surface area contributed by atoms with E-state index in [1.54, 1.807) is 6.34 Å². The van der Waals surface area contributed by atoms with Crippen molar-refractivity contribution in [1.82, 2.24) is 9.80 Å². The van der Waals surface area contributed by atoms with Crippen molar-refractivity contribution in [3.8, 4) is 6.07 Å². The smallest absolute Gasteiger partial charge is 0.157 e. The van der Waals surface area contributed by atoms with Gasteiger partial charge in [-0.15, -0.1) is 0 Å². The topological polar surface area (TPSA) is 42.6 Å². The average molecular weight is 192 g/mol. The Morgan fingerprint density at radius 2 is 2.07 bits per heavy atom. The minimum atomic E-state index is 0.473. The standard InChI is InChI=1S/C10H16N4/c1-13(2)9-12-10(7-11)8-14-5-3-4-6-14/h8-9H,3-6H2,1-2H3/b10-8+,12-9?. The lowest BCUT2D eigenvalue weighted by atomic mass is 10.4. The van der Waals surface area contributed by atoms with Gasteiger partial charge in [-0.1, -0.05) is 0 Å². The first kappa shape index (κ1) is 10.6. The van der Waals surface area contributed by atoms with Crippen LogP contribution >= 0.6 is 0 Å². The highest BCUT2D eigenvalue weighted by Crippen LogP contribution is 2.09. The molecule has 0 aromatic rings. The highest BCUT2D eigenvalue weighted by Gasteiger charge is 2.08. The summed E-state index contributed by atoms with van der Waals surface area (Å²) in [6, 6.07) is 2.08. The van der Waals surface area contributed by atoms with E-state index in [0.717, 1.165) is 13.1 Å². The van der Waals surface area contributed by atoms with Crippen molar-refractivity contribution in [2.45, 2.75) is 12.8 Å². The lowest BCUT2D eigenvalue weighted by Crippen LogP contribution is -2.12. The van der Waals surface area contributed by atoms with Crippen molar-refractivity contribution in [1.29, 1.82) is 5.26 Å². The summed E-state index contributed by atoms with van der Waals surface area (Å²) >= 11 is 0. The van der Waals surface area contributed by atoms with Gasteiger partial charge in [0, 0.05) is 33.4 Å². The van der Waals surface area contributed by atoms with Gasteiger partial charge >= 0.3 is 0 Å². The van der Waals surface area contributed by atoms with E-state index in [1.165, 1.54) is 12.8 Å². The summed E-state index contributed by atoms with van der Waals surface area (Å²) < 4.78 is 0. The molecule has 4 nitrogen and oxygen atoms in total. The lowest BCUT2D eigenvalue weighted by Gasteiger charge is -2.10. The second kappa shape index (κ2) is 5.28. The fraction of sp³-hybridized carbons (Fsp3) is 0.600. The molecule has 1 heterocycles. The first-order valence-corrected chi connectivity index (χ1v) is 4.79. The molecular formula is C10H16N4. The third-order valence-corrected chi connectivity index (χ3v) is 1.99. The fourth-order valence-corrected chi connectivity index (χ4v) is 1.31. The fourth-order valence-electron chi connectivity index (χ4n) is 1.31. The van der Waals surface area contributed by atoms with Crippen LogP contribution in [0.2, 0.25) is 0 Å². The molecule has 0 atom stereocenters. The van der Waals surface area contributed by atoms with E-state index in [1.807, 2.05) is 25.2 Å². The van der Waals surface area contributed by atoms with Crippen molar-refractivity contribution in [3.63, 3.8) is 0 Å². The normalized spacial score (nSPS) is 17.5. The van der Waals surface area contributed by atoms with E-state index >= 15 is 0 Å². The number of aliphatic imine (C=N–C) groups is 1. The van der Waals surface area contributed by atoms with Crippen LogP contribution in [0, 0.1) is 11.3 Å². The second-order valence-corrected chi connectivity index (χ2v) is 3.58. The number of nitrogens with zero attached hydrogens (tertiary/aromatic N) is 4. The minimum Gasteiger partial charge on any atom is -0.375 e. The molecule has 4 heteroatoms. The molecule has 76 valence electrons. The van der Waals surface area contributed by atoms with E-state index in [9.17, 15) is 0 Å². The molecule has 0 saturated carbocycles. The van der Waals surface area contributed by atoms with Gasteiger partial charge in [0.1, 0.15) is 6.07 Å². The Balaban J connectivity index is 2.57. The summed E-state index contributed by atoms with van der Waals surface area (Å²) in [4.78, 5) is 8.02. The summed E-state index contributed by atoms with van der Waals surface area (Å²) in [5, 5.41) is 8.82. The highest BCUT2D eigenvalue weighted by atomic mass is 15.1. The first-order chi connectivity index (χ1) is 6.72. The maximum Gasteiger partial charge on any atom is 0.157 e. The Labute approximate surface area is 85.1 Å². The maximum atomic E-state index is 8.82. The Morgan fingerprint density at radius 3 is 2.57 bits per heavy atom. The first-order valence-electron chi connectivity index (χ1n) is 4.79. The number of nitriles is 1. The van der Waals surface area contributed by atoms with Crippen LogP contribution in [-0.4, -0.2) is 43.3 Å². The zero-order valence-electron chi connectivity index (χ0n) is 8.77. The van der Waals surface area contributed by atoms with E-state index < -0.39 is 0 Å². The van der Waals surface area contributed by atoms with Crippen molar-refractivity contribution < 1.29 is 0 Å².